The first-order valence-corrected chi connectivity index (χ1v) is 6.68. The molecule has 20 heavy (non-hydrogen) atoms. The van der Waals surface area contributed by atoms with Gasteiger partial charge in [0.1, 0.15) is 6.61 Å². The Hall–Kier alpha value is -1.66. The van der Waals surface area contributed by atoms with Gasteiger partial charge in [0.25, 0.3) is 5.91 Å². The van der Waals surface area contributed by atoms with Crippen LogP contribution in [0, 0.1) is 0 Å². The number of carboxylic acid groups (broad SMARTS) is 1. The van der Waals surface area contributed by atoms with Crippen molar-refractivity contribution in [3.8, 4) is 0 Å². The second-order valence-electron chi connectivity index (χ2n) is 4.55. The molecule has 0 unspecified atom stereocenters. The standard InChI is InChI=1S/C13H15ClN2O4/c14-11-1-4-15-7-10(11)13(19)16-5-2-9(3-6-16)20-8-12(17)18/h1,4,7,9H,2-3,5-6,8H2,(H,17,18). The number of carbonyl (C=O) groups is 2. The van der Waals surface area contributed by atoms with Crippen molar-refractivity contribution in [2.75, 3.05) is 19.7 Å². The summed E-state index contributed by atoms with van der Waals surface area (Å²) in [6.45, 7) is 0.746. The Balaban J connectivity index is 1.89. The lowest BCUT2D eigenvalue weighted by atomic mass is 10.1. The van der Waals surface area contributed by atoms with Crippen LogP contribution >= 0.6 is 11.6 Å². The zero-order chi connectivity index (χ0) is 14.5. The lowest BCUT2D eigenvalue weighted by Crippen LogP contribution is -2.41. The first kappa shape index (κ1) is 14.7. The van der Waals surface area contributed by atoms with Crippen molar-refractivity contribution in [1.29, 1.82) is 0 Å². The zero-order valence-corrected chi connectivity index (χ0v) is 11.5. The number of piperidine rings is 1. The van der Waals surface area contributed by atoms with Crippen molar-refractivity contribution < 1.29 is 19.4 Å². The van der Waals surface area contributed by atoms with Crippen LogP contribution in [0.15, 0.2) is 18.5 Å². The molecule has 0 bridgehead atoms. The number of likely N-dealkylation sites (tertiary alicyclic amines) is 1. The molecular formula is C13H15ClN2O4. The molecule has 108 valence electrons. The lowest BCUT2D eigenvalue weighted by molar-refractivity contribution is -0.145. The van der Waals surface area contributed by atoms with Crippen molar-refractivity contribution in [2.24, 2.45) is 0 Å². The van der Waals surface area contributed by atoms with Crippen molar-refractivity contribution in [3.05, 3.63) is 29.0 Å². The number of hydrogen-bond donors (Lipinski definition) is 1. The fraction of sp³-hybridized carbons (Fsp3) is 0.462. The molecule has 1 amide bonds. The van der Waals surface area contributed by atoms with Crippen LogP contribution in [0.5, 0.6) is 0 Å². The van der Waals surface area contributed by atoms with E-state index in [1.807, 2.05) is 0 Å². The molecule has 0 saturated carbocycles. The topological polar surface area (TPSA) is 79.7 Å². The molecule has 0 atom stereocenters. The summed E-state index contributed by atoms with van der Waals surface area (Å²) in [5, 5.41) is 8.94. The predicted molar refractivity (Wildman–Crippen MR) is 71.8 cm³/mol. The van der Waals surface area contributed by atoms with Gasteiger partial charge in [-0.2, -0.15) is 0 Å². The summed E-state index contributed by atoms with van der Waals surface area (Å²) in [6.07, 6.45) is 4.12. The average molecular weight is 299 g/mol. The highest BCUT2D eigenvalue weighted by Crippen LogP contribution is 2.20. The van der Waals surface area contributed by atoms with Crippen LogP contribution in [0.4, 0.5) is 0 Å². The van der Waals surface area contributed by atoms with E-state index in [2.05, 4.69) is 4.98 Å². The van der Waals surface area contributed by atoms with E-state index < -0.39 is 5.97 Å². The third-order valence-electron chi connectivity index (χ3n) is 3.17. The van der Waals surface area contributed by atoms with Crippen LogP contribution < -0.4 is 0 Å². The monoisotopic (exact) mass is 298 g/mol. The van der Waals surface area contributed by atoms with Crippen molar-refractivity contribution >= 4 is 23.5 Å². The molecule has 1 aromatic heterocycles. The summed E-state index contributed by atoms with van der Waals surface area (Å²) in [4.78, 5) is 28.3. The number of amides is 1. The van der Waals surface area contributed by atoms with E-state index >= 15 is 0 Å². The van der Waals surface area contributed by atoms with Crippen molar-refractivity contribution in [2.45, 2.75) is 18.9 Å². The minimum Gasteiger partial charge on any atom is -0.480 e. The van der Waals surface area contributed by atoms with Gasteiger partial charge >= 0.3 is 5.97 Å². The summed E-state index contributed by atoms with van der Waals surface area (Å²) in [5.74, 6) is -1.13. The van der Waals surface area contributed by atoms with E-state index in [0.717, 1.165) is 0 Å². The average Bonchev–Trinajstić information content (AvgIpc) is 2.45. The molecule has 1 N–H and O–H groups in total. The number of carbonyl (C=O) groups excluding carboxylic acids is 1. The van der Waals surface area contributed by atoms with E-state index in [4.69, 9.17) is 21.4 Å². The number of aliphatic carboxylic acids is 1. The van der Waals surface area contributed by atoms with Crippen molar-refractivity contribution in [3.63, 3.8) is 0 Å². The molecule has 1 saturated heterocycles. The highest BCUT2D eigenvalue weighted by Gasteiger charge is 2.25. The Kier molecular flexibility index (Phi) is 4.92. The molecule has 1 aromatic rings. The van der Waals surface area contributed by atoms with E-state index in [1.54, 1.807) is 11.0 Å². The van der Waals surface area contributed by atoms with Gasteiger partial charge in [0.15, 0.2) is 0 Å². The lowest BCUT2D eigenvalue weighted by Gasteiger charge is -2.31. The Labute approximate surface area is 121 Å². The molecule has 0 aromatic carbocycles. The molecule has 2 rings (SSSR count). The normalized spacial score (nSPS) is 16.1. The number of aromatic nitrogens is 1. The van der Waals surface area contributed by atoms with Crippen LogP contribution in [0.25, 0.3) is 0 Å². The van der Waals surface area contributed by atoms with Crippen molar-refractivity contribution in [1.82, 2.24) is 9.88 Å². The highest BCUT2D eigenvalue weighted by molar-refractivity contribution is 6.33. The number of halogens is 1. The minimum absolute atomic E-state index is 0.112. The van der Waals surface area contributed by atoms with Gasteiger partial charge in [0.2, 0.25) is 0 Å². The summed E-state index contributed by atoms with van der Waals surface area (Å²) >= 11 is 5.97. The van der Waals surface area contributed by atoms with Crippen LogP contribution in [0.3, 0.4) is 0 Å². The number of hydrogen-bond acceptors (Lipinski definition) is 4. The minimum atomic E-state index is -0.981. The van der Waals surface area contributed by atoms with E-state index in [0.29, 0.717) is 36.5 Å². The molecule has 1 aliphatic rings. The molecule has 1 fully saturated rings. The molecule has 0 spiro atoms. The van der Waals surface area contributed by atoms with Gasteiger partial charge < -0.3 is 14.7 Å². The molecule has 7 heteroatoms. The summed E-state index contributed by atoms with van der Waals surface area (Å²) in [5.41, 5.74) is 0.388. The molecule has 2 heterocycles. The molecule has 6 nitrogen and oxygen atoms in total. The molecule has 0 radical (unpaired) electrons. The van der Waals surface area contributed by atoms with Gasteiger partial charge in [-0.25, -0.2) is 4.79 Å². The SMILES string of the molecule is O=C(O)COC1CCN(C(=O)c2cnccc2Cl)CC1. The fourth-order valence-electron chi connectivity index (χ4n) is 2.12. The fourth-order valence-corrected chi connectivity index (χ4v) is 2.31. The van der Waals surface area contributed by atoms with E-state index in [-0.39, 0.29) is 18.6 Å². The number of pyridine rings is 1. The largest absolute Gasteiger partial charge is 0.480 e. The summed E-state index contributed by atoms with van der Waals surface area (Å²) in [6, 6.07) is 1.58. The Morgan fingerprint density at radius 2 is 2.15 bits per heavy atom. The van der Waals surface area contributed by atoms with Gasteiger partial charge in [-0.05, 0) is 18.9 Å². The number of nitrogens with zero attached hydrogens (tertiary/aromatic N) is 2. The Morgan fingerprint density at radius 3 is 2.75 bits per heavy atom. The quantitative estimate of drug-likeness (QED) is 0.910. The molecular weight excluding hydrogens is 284 g/mol. The Morgan fingerprint density at radius 1 is 1.45 bits per heavy atom. The van der Waals surface area contributed by atoms with Gasteiger partial charge in [-0.15, -0.1) is 0 Å². The number of ether oxygens (including phenoxy) is 1. The van der Waals surface area contributed by atoms with Crippen LogP contribution in [0.2, 0.25) is 5.02 Å². The van der Waals surface area contributed by atoms with Crippen LogP contribution in [-0.2, 0) is 9.53 Å². The van der Waals surface area contributed by atoms with Crippen LogP contribution in [-0.4, -0.2) is 52.7 Å². The van der Waals surface area contributed by atoms with Gasteiger partial charge in [0.05, 0.1) is 16.7 Å². The third-order valence-corrected chi connectivity index (χ3v) is 3.50. The van der Waals surface area contributed by atoms with Gasteiger partial charge in [0, 0.05) is 25.5 Å². The zero-order valence-electron chi connectivity index (χ0n) is 10.8. The summed E-state index contributed by atoms with van der Waals surface area (Å²) in [7, 11) is 0. The highest BCUT2D eigenvalue weighted by atomic mass is 35.5. The second kappa shape index (κ2) is 6.67. The maximum atomic E-state index is 12.3. The first-order valence-electron chi connectivity index (χ1n) is 6.30. The Bertz CT molecular complexity index is 501. The summed E-state index contributed by atoms with van der Waals surface area (Å²) < 4.78 is 5.23. The second-order valence-corrected chi connectivity index (χ2v) is 4.96. The van der Waals surface area contributed by atoms with E-state index in [1.165, 1.54) is 12.4 Å². The maximum Gasteiger partial charge on any atom is 0.329 e. The van der Waals surface area contributed by atoms with Gasteiger partial charge in [-0.1, -0.05) is 11.6 Å². The number of carboxylic acids is 1. The predicted octanol–water partition coefficient (Wildman–Crippen LogP) is 1.44. The third kappa shape index (κ3) is 3.68. The van der Waals surface area contributed by atoms with Gasteiger partial charge in [-0.3, -0.25) is 9.78 Å². The van der Waals surface area contributed by atoms with Crippen LogP contribution in [0.1, 0.15) is 23.2 Å². The van der Waals surface area contributed by atoms with E-state index in [9.17, 15) is 9.59 Å². The first-order chi connectivity index (χ1) is 9.58. The maximum absolute atomic E-state index is 12.3. The molecule has 0 aliphatic carbocycles. The number of rotatable bonds is 4. The smallest absolute Gasteiger partial charge is 0.329 e. The molecule has 1 aliphatic heterocycles.